The number of fused-ring (bicyclic) bond motifs is 3. The molecule has 146 valence electrons. The Morgan fingerprint density at radius 1 is 0.931 bits per heavy atom. The van der Waals surface area contributed by atoms with Gasteiger partial charge in [-0.1, -0.05) is 72.3 Å². The molecular formula is C23H18ClNO4. The van der Waals surface area contributed by atoms with Gasteiger partial charge >= 0.3 is 12.1 Å². The highest BCUT2D eigenvalue weighted by atomic mass is 35.5. The molecule has 0 saturated heterocycles. The molecule has 1 amide bonds. The average molecular weight is 408 g/mol. The van der Waals surface area contributed by atoms with E-state index in [9.17, 15) is 14.7 Å². The Labute approximate surface area is 173 Å². The molecule has 0 aromatic heterocycles. The van der Waals surface area contributed by atoms with Crippen molar-refractivity contribution in [2.75, 3.05) is 7.11 Å². The Morgan fingerprint density at radius 2 is 1.45 bits per heavy atom. The maximum absolute atomic E-state index is 12.9. The number of amides is 1. The van der Waals surface area contributed by atoms with Crippen LogP contribution in [-0.2, 0) is 9.53 Å². The Balaban J connectivity index is 1.93. The molecule has 1 aliphatic rings. The first-order valence-corrected chi connectivity index (χ1v) is 9.43. The number of hydrogen-bond donors (Lipinski definition) is 1. The van der Waals surface area contributed by atoms with E-state index in [2.05, 4.69) is 0 Å². The molecule has 3 aromatic rings. The molecule has 0 saturated carbocycles. The number of carboxylic acid groups (broad SMARTS) is 1. The highest BCUT2D eigenvalue weighted by Gasteiger charge is 2.42. The zero-order valence-electron chi connectivity index (χ0n) is 15.6. The number of ether oxygens (including phenoxy) is 1. The van der Waals surface area contributed by atoms with Crippen LogP contribution in [0.25, 0.3) is 11.1 Å². The molecule has 0 aliphatic heterocycles. The third-order valence-electron chi connectivity index (χ3n) is 5.16. The molecule has 0 fully saturated rings. The lowest BCUT2D eigenvalue weighted by atomic mass is 9.98. The highest BCUT2D eigenvalue weighted by Crippen LogP contribution is 2.48. The Morgan fingerprint density at radius 3 is 1.93 bits per heavy atom. The summed E-state index contributed by atoms with van der Waals surface area (Å²) in [5.74, 6) is -1.15. The minimum absolute atomic E-state index is 0.439. The fourth-order valence-electron chi connectivity index (χ4n) is 3.96. The first-order valence-electron chi connectivity index (χ1n) is 9.05. The van der Waals surface area contributed by atoms with E-state index in [0.29, 0.717) is 10.6 Å². The van der Waals surface area contributed by atoms with Crippen LogP contribution in [0, 0.1) is 0 Å². The highest BCUT2D eigenvalue weighted by molar-refractivity contribution is 6.30. The largest absolute Gasteiger partial charge is 0.479 e. The molecule has 0 radical (unpaired) electrons. The second kappa shape index (κ2) is 7.60. The summed E-state index contributed by atoms with van der Waals surface area (Å²) in [6.07, 6.45) is -0.719. The number of carbonyl (C=O) groups excluding carboxylic acids is 1. The lowest BCUT2D eigenvalue weighted by Crippen LogP contribution is -2.41. The van der Waals surface area contributed by atoms with Crippen molar-refractivity contribution < 1.29 is 19.4 Å². The van der Waals surface area contributed by atoms with Crippen LogP contribution < -0.4 is 0 Å². The second-order valence-corrected chi connectivity index (χ2v) is 7.18. The molecular weight excluding hydrogens is 390 g/mol. The summed E-state index contributed by atoms with van der Waals surface area (Å²) in [5, 5.41) is 10.6. The topological polar surface area (TPSA) is 66.8 Å². The van der Waals surface area contributed by atoms with Gasteiger partial charge in [-0.25, -0.2) is 9.59 Å². The van der Waals surface area contributed by atoms with E-state index < -0.39 is 24.1 Å². The van der Waals surface area contributed by atoms with Gasteiger partial charge in [-0.2, -0.15) is 0 Å². The van der Waals surface area contributed by atoms with Crippen LogP contribution >= 0.6 is 11.6 Å². The maximum Gasteiger partial charge on any atom is 0.411 e. The lowest BCUT2D eigenvalue weighted by Gasteiger charge is -2.34. The van der Waals surface area contributed by atoms with Gasteiger partial charge in [0.1, 0.15) is 0 Å². The SMILES string of the molecule is COC(=O)N(C1c2ccccc2-c2ccccc21)[C@H](C(=O)O)c1ccc(Cl)cc1. The van der Waals surface area contributed by atoms with Crippen LogP contribution in [0.15, 0.2) is 72.8 Å². The van der Waals surface area contributed by atoms with Gasteiger partial charge in [0.05, 0.1) is 13.2 Å². The van der Waals surface area contributed by atoms with Crippen LogP contribution in [-0.4, -0.2) is 29.2 Å². The van der Waals surface area contributed by atoms with Crippen molar-refractivity contribution in [2.45, 2.75) is 12.1 Å². The van der Waals surface area contributed by atoms with Gasteiger partial charge in [-0.05, 0) is 39.9 Å². The van der Waals surface area contributed by atoms with E-state index in [1.165, 1.54) is 12.0 Å². The number of carboxylic acids is 1. The quantitative estimate of drug-likeness (QED) is 0.636. The standard InChI is InChI=1S/C23H18ClNO4/c1-29-23(28)25(20(22(26)27)14-10-12-15(24)13-11-14)21-18-8-4-2-6-16(18)17-7-3-5-9-19(17)21/h2-13,20-21H,1H3,(H,26,27)/t20-/m0/s1. The third-order valence-corrected chi connectivity index (χ3v) is 5.41. The minimum Gasteiger partial charge on any atom is -0.479 e. The van der Waals surface area contributed by atoms with Crippen LogP contribution in [0.1, 0.15) is 28.8 Å². The van der Waals surface area contributed by atoms with Crippen LogP contribution in [0.5, 0.6) is 0 Å². The van der Waals surface area contributed by atoms with Gasteiger partial charge < -0.3 is 9.84 Å². The summed E-state index contributed by atoms with van der Waals surface area (Å²) in [5.41, 5.74) is 4.11. The second-order valence-electron chi connectivity index (χ2n) is 6.75. The predicted molar refractivity (Wildman–Crippen MR) is 110 cm³/mol. The normalized spacial score (nSPS) is 13.3. The molecule has 1 N–H and O–H groups in total. The molecule has 29 heavy (non-hydrogen) atoms. The van der Waals surface area contributed by atoms with E-state index in [0.717, 1.165) is 22.3 Å². The van der Waals surface area contributed by atoms with E-state index in [1.807, 2.05) is 48.5 Å². The summed E-state index contributed by atoms with van der Waals surface area (Å²) < 4.78 is 5.03. The molecule has 6 heteroatoms. The van der Waals surface area contributed by atoms with Crippen molar-refractivity contribution >= 4 is 23.7 Å². The summed E-state index contributed by atoms with van der Waals surface area (Å²) >= 11 is 5.97. The smallest absolute Gasteiger partial charge is 0.411 e. The number of benzene rings is 3. The Hall–Kier alpha value is -3.31. The summed E-state index contributed by atoms with van der Waals surface area (Å²) in [6.45, 7) is 0. The third kappa shape index (κ3) is 3.23. The van der Waals surface area contributed by atoms with E-state index in [4.69, 9.17) is 16.3 Å². The van der Waals surface area contributed by atoms with Gasteiger partial charge in [-0.3, -0.25) is 4.90 Å². The minimum atomic E-state index is -1.25. The number of nitrogens with zero attached hydrogens (tertiary/aromatic N) is 1. The number of aliphatic carboxylic acids is 1. The van der Waals surface area contributed by atoms with E-state index >= 15 is 0 Å². The summed E-state index contributed by atoms with van der Waals surface area (Å²) in [4.78, 5) is 26.6. The maximum atomic E-state index is 12.9. The molecule has 0 heterocycles. The van der Waals surface area contributed by atoms with Crippen molar-refractivity contribution in [3.63, 3.8) is 0 Å². The van der Waals surface area contributed by atoms with Crippen LogP contribution in [0.3, 0.4) is 0 Å². The van der Waals surface area contributed by atoms with Crippen molar-refractivity contribution in [1.29, 1.82) is 0 Å². The van der Waals surface area contributed by atoms with Crippen LogP contribution in [0.4, 0.5) is 4.79 Å². The zero-order chi connectivity index (χ0) is 20.5. The predicted octanol–water partition coefficient (Wildman–Crippen LogP) is 5.30. The Kier molecular flexibility index (Phi) is 4.99. The molecule has 1 atom stereocenters. The van der Waals surface area contributed by atoms with Crippen molar-refractivity contribution in [3.8, 4) is 11.1 Å². The molecule has 5 nitrogen and oxygen atoms in total. The summed E-state index contributed by atoms with van der Waals surface area (Å²) in [7, 11) is 1.25. The number of carbonyl (C=O) groups is 2. The number of hydrogen-bond acceptors (Lipinski definition) is 3. The lowest BCUT2D eigenvalue weighted by molar-refractivity contribution is -0.143. The van der Waals surface area contributed by atoms with Crippen molar-refractivity contribution in [1.82, 2.24) is 4.90 Å². The van der Waals surface area contributed by atoms with Gasteiger partial charge in [0.2, 0.25) is 0 Å². The van der Waals surface area contributed by atoms with E-state index in [-0.39, 0.29) is 0 Å². The fourth-order valence-corrected chi connectivity index (χ4v) is 4.09. The molecule has 0 spiro atoms. The first kappa shape index (κ1) is 19.0. The number of methoxy groups -OCH3 is 1. The zero-order valence-corrected chi connectivity index (χ0v) is 16.3. The van der Waals surface area contributed by atoms with E-state index in [1.54, 1.807) is 24.3 Å². The van der Waals surface area contributed by atoms with Gasteiger partial charge in [0.25, 0.3) is 0 Å². The van der Waals surface area contributed by atoms with Crippen molar-refractivity contribution in [2.24, 2.45) is 0 Å². The molecule has 4 rings (SSSR count). The average Bonchev–Trinajstić information content (AvgIpc) is 3.06. The van der Waals surface area contributed by atoms with Crippen LogP contribution in [0.2, 0.25) is 5.02 Å². The molecule has 0 bridgehead atoms. The van der Waals surface area contributed by atoms with Gasteiger partial charge in [0, 0.05) is 5.02 Å². The fraction of sp³-hybridized carbons (Fsp3) is 0.130. The van der Waals surface area contributed by atoms with Gasteiger partial charge in [0.15, 0.2) is 6.04 Å². The summed E-state index contributed by atoms with van der Waals surface area (Å²) in [6, 6.07) is 20.0. The first-order chi connectivity index (χ1) is 14.0. The Bertz CT molecular complexity index is 1030. The monoisotopic (exact) mass is 407 g/mol. The van der Waals surface area contributed by atoms with Crippen molar-refractivity contribution in [3.05, 3.63) is 94.5 Å². The van der Waals surface area contributed by atoms with Gasteiger partial charge in [-0.15, -0.1) is 0 Å². The molecule has 1 aliphatic carbocycles. The molecule has 3 aromatic carbocycles. The number of rotatable bonds is 4. The number of halogens is 1. The molecule has 0 unspecified atom stereocenters.